The quantitative estimate of drug-likeness (QED) is 0.0228. The summed E-state index contributed by atoms with van der Waals surface area (Å²) in [6, 6.07) is 0. The molecule has 0 aromatic rings. The van der Waals surface area contributed by atoms with Gasteiger partial charge in [-0.05, 0) is 116 Å². The molecule has 0 aromatic carbocycles. The highest BCUT2D eigenvalue weighted by atomic mass is 16.7. The molecule has 3 N–H and O–H groups in total. The molecule has 12 heteroatoms. The second-order valence-electron chi connectivity index (χ2n) is 19.9. The van der Waals surface area contributed by atoms with Gasteiger partial charge >= 0.3 is 23.9 Å². The van der Waals surface area contributed by atoms with Gasteiger partial charge in [0.15, 0.2) is 24.6 Å². The Morgan fingerprint density at radius 3 is 1.30 bits per heavy atom. The number of aliphatic hydroxyl groups excluding tert-OH is 2. The maximum atomic E-state index is 13.1. The predicted molar refractivity (Wildman–Crippen MR) is 312 cm³/mol. The average Bonchev–Trinajstić information content (AvgIpc) is 3.42. The highest BCUT2D eigenvalue weighted by molar-refractivity contribution is 5.74. The van der Waals surface area contributed by atoms with Crippen molar-refractivity contribution in [2.75, 3.05) is 13.2 Å². The third-order valence-electron chi connectivity index (χ3n) is 12.8. The molecule has 0 aliphatic carbocycles. The van der Waals surface area contributed by atoms with E-state index in [1.807, 2.05) is 6.08 Å². The fourth-order valence-electron chi connectivity index (χ4n) is 8.29. The minimum absolute atomic E-state index is 0.0380. The standard InChI is InChI=1S/C65H104O12/c1-4-7-10-13-16-19-22-25-28-29-32-33-36-39-42-45-48-51-57(66)73-54-56(75-58(67)52-49-46-43-40-37-34-30-26-23-20-17-14-11-8-5-2)55-74-65-63(61(70)60(69)62(77-65)64(71)72)76-59(68)53-50-47-44-41-38-35-31-27-24-21-18-15-12-9-6-3/h7-8,10-11,16-17,19-20,25-28,30-33,39,42,56,60-63,65,69-70H,4-6,9,12-15,18,21-24,29,34-38,40-41,43-55H2,1-3H3,(H,71,72)/b10-7-,11-8-,19-16-,20-17-,28-25-,30-26-,31-27-,33-32-,42-39-. The topological polar surface area (TPSA) is 175 Å². The lowest BCUT2D eigenvalue weighted by Gasteiger charge is -2.40. The normalized spacial score (nSPS) is 18.8. The summed E-state index contributed by atoms with van der Waals surface area (Å²) in [4.78, 5) is 51.1. The molecule has 6 atom stereocenters. The van der Waals surface area contributed by atoms with Crippen LogP contribution in [0.1, 0.15) is 226 Å². The van der Waals surface area contributed by atoms with Crippen molar-refractivity contribution in [3.05, 3.63) is 109 Å². The second kappa shape index (κ2) is 52.1. The number of rotatable bonds is 49. The van der Waals surface area contributed by atoms with Crippen LogP contribution in [0.25, 0.3) is 0 Å². The van der Waals surface area contributed by atoms with Gasteiger partial charge in [0.2, 0.25) is 0 Å². The van der Waals surface area contributed by atoms with E-state index in [-0.39, 0.29) is 25.9 Å². The minimum atomic E-state index is -1.92. The number of allylic oxidation sites excluding steroid dienone is 18. The van der Waals surface area contributed by atoms with E-state index in [0.717, 1.165) is 122 Å². The van der Waals surface area contributed by atoms with E-state index in [2.05, 4.69) is 124 Å². The third-order valence-corrected chi connectivity index (χ3v) is 12.8. The van der Waals surface area contributed by atoms with Crippen molar-refractivity contribution in [1.82, 2.24) is 0 Å². The number of aliphatic carboxylic acids is 1. The molecular weight excluding hydrogens is 973 g/mol. The lowest BCUT2D eigenvalue weighted by atomic mass is 9.98. The maximum absolute atomic E-state index is 13.1. The lowest BCUT2D eigenvalue weighted by molar-refractivity contribution is -0.301. The Labute approximate surface area is 465 Å². The number of esters is 3. The first-order chi connectivity index (χ1) is 37.6. The third kappa shape index (κ3) is 42.1. The van der Waals surface area contributed by atoms with Gasteiger partial charge in [-0.15, -0.1) is 0 Å². The number of unbranched alkanes of at least 4 members (excludes halogenated alkanes) is 17. The number of hydrogen-bond acceptors (Lipinski definition) is 11. The molecule has 77 heavy (non-hydrogen) atoms. The van der Waals surface area contributed by atoms with Crippen molar-refractivity contribution in [2.24, 2.45) is 0 Å². The van der Waals surface area contributed by atoms with E-state index in [1.165, 1.54) is 38.5 Å². The summed E-state index contributed by atoms with van der Waals surface area (Å²) in [5.41, 5.74) is 0. The Morgan fingerprint density at radius 1 is 0.442 bits per heavy atom. The SMILES string of the molecule is CC/C=C\C/C=C\C/C=C\C/C=C\C/C=C\CCCC(=O)OCC(COC1OC(C(=O)O)C(O)C(O)C1OC(=O)CCCCCCC/C=C\CCCCCCCC)OC(=O)CCCCCCC/C=C\C/C=C\C/C=C\CC. The number of carbonyl (C=O) groups excluding carboxylic acids is 3. The van der Waals surface area contributed by atoms with Gasteiger partial charge in [-0.1, -0.05) is 201 Å². The zero-order valence-corrected chi connectivity index (χ0v) is 47.9. The second-order valence-corrected chi connectivity index (χ2v) is 19.9. The molecule has 0 amide bonds. The van der Waals surface area contributed by atoms with Crippen molar-refractivity contribution < 1.29 is 58.2 Å². The molecule has 6 unspecified atom stereocenters. The van der Waals surface area contributed by atoms with Crippen LogP contribution in [-0.4, -0.2) is 89.2 Å². The summed E-state index contributed by atoms with van der Waals surface area (Å²) >= 11 is 0. The number of carbonyl (C=O) groups is 4. The molecule has 1 heterocycles. The molecule has 0 bridgehead atoms. The molecule has 1 rings (SSSR count). The van der Waals surface area contributed by atoms with Gasteiger partial charge in [-0.25, -0.2) is 4.79 Å². The molecule has 0 saturated carbocycles. The Kier molecular flexibility index (Phi) is 47.6. The van der Waals surface area contributed by atoms with Crippen LogP contribution in [0.2, 0.25) is 0 Å². The van der Waals surface area contributed by atoms with Crippen LogP contribution < -0.4 is 0 Å². The summed E-state index contributed by atoms with van der Waals surface area (Å²) in [5.74, 6) is -3.24. The van der Waals surface area contributed by atoms with Crippen molar-refractivity contribution in [2.45, 2.75) is 263 Å². The Hall–Kier alpha value is -4.62. The van der Waals surface area contributed by atoms with Crippen LogP contribution in [0.15, 0.2) is 109 Å². The van der Waals surface area contributed by atoms with E-state index in [0.29, 0.717) is 25.7 Å². The van der Waals surface area contributed by atoms with Gasteiger partial charge in [-0.3, -0.25) is 14.4 Å². The van der Waals surface area contributed by atoms with E-state index in [1.54, 1.807) is 0 Å². The minimum Gasteiger partial charge on any atom is -0.479 e. The fourth-order valence-corrected chi connectivity index (χ4v) is 8.29. The number of aliphatic hydroxyl groups is 2. The van der Waals surface area contributed by atoms with Gasteiger partial charge in [0.25, 0.3) is 0 Å². The monoisotopic (exact) mass is 1080 g/mol. The molecule has 1 aliphatic heterocycles. The predicted octanol–water partition coefficient (Wildman–Crippen LogP) is 15.4. The smallest absolute Gasteiger partial charge is 0.335 e. The molecule has 0 radical (unpaired) electrons. The molecule has 0 aromatic heterocycles. The summed E-state index contributed by atoms with van der Waals surface area (Å²) in [6.07, 6.45) is 57.7. The number of carboxylic acid groups (broad SMARTS) is 1. The summed E-state index contributed by atoms with van der Waals surface area (Å²) in [6.45, 7) is 5.69. The Morgan fingerprint density at radius 2 is 0.831 bits per heavy atom. The van der Waals surface area contributed by atoms with Crippen LogP contribution in [0.3, 0.4) is 0 Å². The van der Waals surface area contributed by atoms with E-state index in [4.69, 9.17) is 23.7 Å². The van der Waals surface area contributed by atoms with Crippen LogP contribution >= 0.6 is 0 Å². The summed E-state index contributed by atoms with van der Waals surface area (Å²) in [5, 5.41) is 31.5. The van der Waals surface area contributed by atoms with Crippen molar-refractivity contribution in [1.29, 1.82) is 0 Å². The van der Waals surface area contributed by atoms with Gasteiger partial charge in [0.1, 0.15) is 18.8 Å². The number of ether oxygens (including phenoxy) is 5. The van der Waals surface area contributed by atoms with E-state index >= 15 is 0 Å². The zero-order valence-electron chi connectivity index (χ0n) is 47.9. The Bertz CT molecular complexity index is 1750. The fraction of sp³-hybridized carbons (Fsp3) is 0.662. The Balaban J connectivity index is 2.75. The average molecular weight is 1080 g/mol. The molecule has 436 valence electrons. The lowest BCUT2D eigenvalue weighted by Crippen LogP contribution is -2.61. The van der Waals surface area contributed by atoms with E-state index in [9.17, 15) is 34.5 Å². The molecule has 0 spiro atoms. The van der Waals surface area contributed by atoms with Crippen LogP contribution in [0.5, 0.6) is 0 Å². The largest absolute Gasteiger partial charge is 0.479 e. The van der Waals surface area contributed by atoms with Gasteiger partial charge in [0.05, 0.1) is 6.61 Å². The van der Waals surface area contributed by atoms with Crippen molar-refractivity contribution in [3.8, 4) is 0 Å². The molecule has 1 aliphatic rings. The first kappa shape index (κ1) is 70.4. The number of carboxylic acids is 1. The van der Waals surface area contributed by atoms with Gasteiger partial charge < -0.3 is 39.0 Å². The van der Waals surface area contributed by atoms with Crippen LogP contribution in [0.4, 0.5) is 0 Å². The van der Waals surface area contributed by atoms with Crippen LogP contribution in [-0.2, 0) is 42.9 Å². The molecule has 1 saturated heterocycles. The van der Waals surface area contributed by atoms with Crippen molar-refractivity contribution in [3.63, 3.8) is 0 Å². The summed E-state index contributed by atoms with van der Waals surface area (Å²) < 4.78 is 28.4. The molecular formula is C65H104O12. The first-order valence-electron chi connectivity index (χ1n) is 29.9. The van der Waals surface area contributed by atoms with Gasteiger partial charge in [0, 0.05) is 19.3 Å². The number of hydrogen-bond donors (Lipinski definition) is 3. The van der Waals surface area contributed by atoms with Gasteiger partial charge in [-0.2, -0.15) is 0 Å². The van der Waals surface area contributed by atoms with Crippen molar-refractivity contribution >= 4 is 23.9 Å². The van der Waals surface area contributed by atoms with Crippen LogP contribution in [0, 0.1) is 0 Å². The molecule has 12 nitrogen and oxygen atoms in total. The molecule has 1 fully saturated rings. The van der Waals surface area contributed by atoms with E-state index < -0.39 is 67.3 Å². The highest BCUT2D eigenvalue weighted by Gasteiger charge is 2.50. The zero-order chi connectivity index (χ0) is 56.1. The highest BCUT2D eigenvalue weighted by Crippen LogP contribution is 2.26. The summed E-state index contributed by atoms with van der Waals surface area (Å²) in [7, 11) is 0. The maximum Gasteiger partial charge on any atom is 0.335 e. The first-order valence-corrected chi connectivity index (χ1v) is 29.9.